The monoisotopic (exact) mass is 304 g/mol. The van der Waals surface area contributed by atoms with Crippen molar-refractivity contribution in [3.63, 3.8) is 0 Å². The van der Waals surface area contributed by atoms with Gasteiger partial charge in [-0.25, -0.2) is 0 Å². The molecule has 0 saturated heterocycles. The third-order valence-corrected chi connectivity index (χ3v) is 3.31. The number of nitriles is 1. The Labute approximate surface area is 126 Å². The molecular formula is C15H10Cl2N2O. The van der Waals surface area contributed by atoms with E-state index in [4.69, 9.17) is 28.5 Å². The van der Waals surface area contributed by atoms with Gasteiger partial charge < -0.3 is 5.32 Å². The van der Waals surface area contributed by atoms with Crippen LogP contribution in [0.25, 0.3) is 0 Å². The number of halogens is 2. The Morgan fingerprint density at radius 1 is 1.10 bits per heavy atom. The van der Waals surface area contributed by atoms with Crippen LogP contribution < -0.4 is 5.32 Å². The lowest BCUT2D eigenvalue weighted by Crippen LogP contribution is -2.13. The summed E-state index contributed by atoms with van der Waals surface area (Å²) in [5, 5.41) is 11.9. The van der Waals surface area contributed by atoms with Gasteiger partial charge in [0.25, 0.3) is 5.91 Å². The van der Waals surface area contributed by atoms with E-state index in [-0.39, 0.29) is 11.5 Å². The molecule has 2 aromatic rings. The topological polar surface area (TPSA) is 52.9 Å². The number of amides is 1. The molecule has 1 N–H and O–H groups in total. The number of anilines is 1. The van der Waals surface area contributed by atoms with Crippen LogP contribution >= 0.6 is 23.2 Å². The van der Waals surface area contributed by atoms with Gasteiger partial charge in [0.15, 0.2) is 0 Å². The molecule has 1 amide bonds. The Hall–Kier alpha value is -2.02. The van der Waals surface area contributed by atoms with Gasteiger partial charge in [0, 0.05) is 5.69 Å². The van der Waals surface area contributed by atoms with Gasteiger partial charge in [-0.1, -0.05) is 41.4 Å². The van der Waals surface area contributed by atoms with E-state index in [0.29, 0.717) is 22.2 Å². The summed E-state index contributed by atoms with van der Waals surface area (Å²) in [4.78, 5) is 12.1. The summed E-state index contributed by atoms with van der Waals surface area (Å²) in [6.45, 7) is 0. The first kappa shape index (κ1) is 14.4. The summed E-state index contributed by atoms with van der Waals surface area (Å²) in [7, 11) is 0. The zero-order valence-corrected chi connectivity index (χ0v) is 11.9. The number of nitrogens with one attached hydrogen (secondary N) is 1. The summed E-state index contributed by atoms with van der Waals surface area (Å²) in [6, 6.07) is 14.0. The molecule has 0 spiro atoms. The van der Waals surface area contributed by atoms with Crippen molar-refractivity contribution in [2.45, 2.75) is 6.42 Å². The standard InChI is InChI=1S/C15H10Cl2N2O/c16-12-2-1-3-13(17)14(12)15(20)19-11-6-4-10(5-7-11)8-9-18/h1-7H,8H2,(H,19,20). The Kier molecular flexibility index (Phi) is 4.62. The van der Waals surface area contributed by atoms with Crippen molar-refractivity contribution in [3.05, 3.63) is 63.6 Å². The zero-order valence-electron chi connectivity index (χ0n) is 10.4. The van der Waals surface area contributed by atoms with E-state index in [1.54, 1.807) is 42.5 Å². The number of rotatable bonds is 3. The summed E-state index contributed by atoms with van der Waals surface area (Å²) >= 11 is 12.0. The summed E-state index contributed by atoms with van der Waals surface area (Å²) < 4.78 is 0. The molecule has 0 bridgehead atoms. The van der Waals surface area contributed by atoms with E-state index in [0.717, 1.165) is 5.56 Å². The lowest BCUT2D eigenvalue weighted by Gasteiger charge is -2.08. The highest BCUT2D eigenvalue weighted by molar-refractivity contribution is 6.40. The lowest BCUT2D eigenvalue weighted by molar-refractivity contribution is 0.102. The van der Waals surface area contributed by atoms with E-state index in [2.05, 4.69) is 11.4 Å². The third kappa shape index (κ3) is 3.30. The predicted octanol–water partition coefficient (Wildman–Crippen LogP) is 4.31. The number of nitrogens with zero attached hydrogens (tertiary/aromatic N) is 1. The van der Waals surface area contributed by atoms with Gasteiger partial charge in [-0.05, 0) is 29.8 Å². The van der Waals surface area contributed by atoms with E-state index < -0.39 is 0 Å². The van der Waals surface area contributed by atoms with Gasteiger partial charge in [0.05, 0.1) is 28.1 Å². The number of benzene rings is 2. The number of carbonyl (C=O) groups excluding carboxylic acids is 1. The fraction of sp³-hybridized carbons (Fsp3) is 0.0667. The fourth-order valence-corrected chi connectivity index (χ4v) is 2.27. The zero-order chi connectivity index (χ0) is 14.5. The Bertz CT molecular complexity index is 655. The molecule has 0 radical (unpaired) electrons. The van der Waals surface area contributed by atoms with Gasteiger partial charge >= 0.3 is 0 Å². The smallest absolute Gasteiger partial charge is 0.258 e. The highest BCUT2D eigenvalue weighted by Gasteiger charge is 2.14. The Morgan fingerprint density at radius 3 is 2.25 bits per heavy atom. The number of carbonyl (C=O) groups is 1. The minimum absolute atomic E-state index is 0.247. The van der Waals surface area contributed by atoms with E-state index >= 15 is 0 Å². The molecule has 0 aliphatic carbocycles. The molecule has 0 aliphatic rings. The number of hydrogen-bond donors (Lipinski definition) is 1. The van der Waals surface area contributed by atoms with E-state index in [9.17, 15) is 4.79 Å². The van der Waals surface area contributed by atoms with Crippen LogP contribution in [-0.4, -0.2) is 5.91 Å². The van der Waals surface area contributed by atoms with Crippen molar-refractivity contribution in [3.8, 4) is 6.07 Å². The minimum atomic E-state index is -0.367. The van der Waals surface area contributed by atoms with Gasteiger partial charge in [0.2, 0.25) is 0 Å². The molecule has 0 saturated carbocycles. The average molecular weight is 305 g/mol. The summed E-state index contributed by atoms with van der Waals surface area (Å²) in [5.74, 6) is -0.367. The molecule has 2 rings (SSSR count). The SMILES string of the molecule is N#CCc1ccc(NC(=O)c2c(Cl)cccc2Cl)cc1. The van der Waals surface area contributed by atoms with Gasteiger partial charge in [0.1, 0.15) is 0 Å². The second kappa shape index (κ2) is 6.42. The van der Waals surface area contributed by atoms with Crippen LogP contribution in [0.15, 0.2) is 42.5 Å². The normalized spacial score (nSPS) is 9.85. The largest absolute Gasteiger partial charge is 0.322 e. The maximum absolute atomic E-state index is 12.1. The van der Waals surface area contributed by atoms with E-state index in [1.165, 1.54) is 0 Å². The Balaban J connectivity index is 2.18. The highest BCUT2D eigenvalue weighted by Crippen LogP contribution is 2.25. The molecule has 0 unspecified atom stereocenters. The first-order chi connectivity index (χ1) is 9.61. The van der Waals surface area contributed by atoms with Gasteiger partial charge in [-0.15, -0.1) is 0 Å². The molecule has 0 aromatic heterocycles. The second-order valence-electron chi connectivity index (χ2n) is 4.08. The van der Waals surface area contributed by atoms with Crippen LogP contribution in [0.5, 0.6) is 0 Å². The quantitative estimate of drug-likeness (QED) is 0.918. The average Bonchev–Trinajstić information content (AvgIpc) is 2.41. The Morgan fingerprint density at radius 2 is 1.70 bits per heavy atom. The highest BCUT2D eigenvalue weighted by atomic mass is 35.5. The first-order valence-corrected chi connectivity index (χ1v) is 6.58. The third-order valence-electron chi connectivity index (χ3n) is 2.68. The lowest BCUT2D eigenvalue weighted by atomic mass is 10.1. The second-order valence-corrected chi connectivity index (χ2v) is 4.90. The predicted molar refractivity (Wildman–Crippen MR) is 80.2 cm³/mol. The van der Waals surface area contributed by atoms with Crippen molar-refractivity contribution in [1.29, 1.82) is 5.26 Å². The van der Waals surface area contributed by atoms with Gasteiger partial charge in [-0.3, -0.25) is 4.79 Å². The fourth-order valence-electron chi connectivity index (χ4n) is 1.71. The molecule has 2 aromatic carbocycles. The van der Waals surface area contributed by atoms with Crippen molar-refractivity contribution in [2.24, 2.45) is 0 Å². The van der Waals surface area contributed by atoms with Crippen molar-refractivity contribution in [2.75, 3.05) is 5.32 Å². The molecule has 0 heterocycles. The molecule has 100 valence electrons. The van der Waals surface area contributed by atoms with Crippen LogP contribution in [0.4, 0.5) is 5.69 Å². The van der Waals surface area contributed by atoms with Crippen LogP contribution in [0.3, 0.4) is 0 Å². The van der Waals surface area contributed by atoms with Crippen LogP contribution in [-0.2, 0) is 6.42 Å². The van der Waals surface area contributed by atoms with Crippen molar-refractivity contribution < 1.29 is 4.79 Å². The maximum atomic E-state index is 12.1. The maximum Gasteiger partial charge on any atom is 0.258 e. The van der Waals surface area contributed by atoms with Crippen LogP contribution in [0.1, 0.15) is 15.9 Å². The molecule has 0 atom stereocenters. The summed E-state index contributed by atoms with van der Waals surface area (Å²) in [6.07, 6.45) is 0.338. The summed E-state index contributed by atoms with van der Waals surface area (Å²) in [5.41, 5.74) is 1.76. The molecule has 0 aliphatic heterocycles. The molecule has 3 nitrogen and oxygen atoms in total. The van der Waals surface area contributed by atoms with Crippen molar-refractivity contribution >= 4 is 34.8 Å². The van der Waals surface area contributed by atoms with Crippen LogP contribution in [0, 0.1) is 11.3 Å². The molecule has 5 heteroatoms. The van der Waals surface area contributed by atoms with Crippen molar-refractivity contribution in [1.82, 2.24) is 0 Å². The van der Waals surface area contributed by atoms with Crippen LogP contribution in [0.2, 0.25) is 10.0 Å². The minimum Gasteiger partial charge on any atom is -0.322 e. The first-order valence-electron chi connectivity index (χ1n) is 5.83. The molecule has 20 heavy (non-hydrogen) atoms. The molecule has 0 fully saturated rings. The number of hydrogen-bond acceptors (Lipinski definition) is 2. The van der Waals surface area contributed by atoms with E-state index in [1.807, 2.05) is 0 Å². The van der Waals surface area contributed by atoms with Gasteiger partial charge in [-0.2, -0.15) is 5.26 Å². The molecular weight excluding hydrogens is 295 g/mol.